The van der Waals surface area contributed by atoms with E-state index in [0.29, 0.717) is 17.3 Å². The summed E-state index contributed by atoms with van der Waals surface area (Å²) < 4.78 is 5.24. The zero-order valence-corrected chi connectivity index (χ0v) is 6.56. The van der Waals surface area contributed by atoms with Crippen molar-refractivity contribution in [3.05, 3.63) is 29.8 Å². The maximum atomic E-state index is 11.2. The number of hydrogen-bond acceptors (Lipinski definition) is 3. The van der Waals surface area contributed by atoms with E-state index in [1.165, 1.54) is 11.8 Å². The Bertz CT molecular complexity index is 296. The highest BCUT2D eigenvalue weighted by atomic mass is 32.2. The fraction of sp³-hybridized carbons (Fsp3) is 0.125. The van der Waals surface area contributed by atoms with Crippen LogP contribution in [-0.4, -0.2) is 11.1 Å². The van der Waals surface area contributed by atoms with Crippen molar-refractivity contribution >= 4 is 16.9 Å². The lowest BCUT2D eigenvalue weighted by molar-refractivity contribution is 0.107. The molecule has 0 radical (unpaired) electrons. The first-order valence-corrected chi connectivity index (χ1v) is 4.25. The highest BCUT2D eigenvalue weighted by molar-refractivity contribution is 8.14. The summed E-state index contributed by atoms with van der Waals surface area (Å²) >= 11 is 1.20. The Morgan fingerprint density at radius 2 is 2.18 bits per heavy atom. The van der Waals surface area contributed by atoms with E-state index >= 15 is 0 Å². The number of para-hydroxylation sites is 1. The molecule has 1 aliphatic rings. The molecule has 1 heterocycles. The number of ether oxygens (including phenoxy) is 1. The lowest BCUT2D eigenvalue weighted by Crippen LogP contribution is -2.08. The van der Waals surface area contributed by atoms with Gasteiger partial charge >= 0.3 is 0 Å². The van der Waals surface area contributed by atoms with Gasteiger partial charge in [-0.25, -0.2) is 0 Å². The second-order valence-electron chi connectivity index (χ2n) is 2.19. The molecule has 0 aliphatic carbocycles. The number of hydrogen-bond donors (Lipinski definition) is 0. The first kappa shape index (κ1) is 6.73. The molecule has 2 rings (SSSR count). The van der Waals surface area contributed by atoms with Crippen molar-refractivity contribution in [1.29, 1.82) is 0 Å². The molecule has 0 fully saturated rings. The third-order valence-electron chi connectivity index (χ3n) is 1.51. The maximum Gasteiger partial charge on any atom is 0.226 e. The Balaban J connectivity index is 2.52. The molecule has 0 atom stereocenters. The van der Waals surface area contributed by atoms with Crippen LogP contribution in [0.3, 0.4) is 0 Å². The highest BCUT2D eigenvalue weighted by Crippen LogP contribution is 2.28. The predicted molar refractivity (Wildman–Crippen MR) is 43.9 cm³/mol. The summed E-state index contributed by atoms with van der Waals surface area (Å²) in [5, 5.41) is 0.104. The second kappa shape index (κ2) is 2.58. The SMILES string of the molecule is O=C1SCOc2ccccc21. The summed E-state index contributed by atoms with van der Waals surface area (Å²) in [5.41, 5.74) is 0.684. The number of benzene rings is 1. The zero-order chi connectivity index (χ0) is 7.68. The summed E-state index contributed by atoms with van der Waals surface area (Å²) in [5.74, 6) is 1.15. The molecule has 0 aromatic heterocycles. The summed E-state index contributed by atoms with van der Waals surface area (Å²) in [4.78, 5) is 11.2. The molecule has 1 aromatic carbocycles. The molecule has 1 aromatic rings. The van der Waals surface area contributed by atoms with Crippen LogP contribution in [-0.2, 0) is 0 Å². The molecule has 0 saturated heterocycles. The van der Waals surface area contributed by atoms with Crippen LogP contribution in [0, 0.1) is 0 Å². The molecule has 0 bridgehead atoms. The van der Waals surface area contributed by atoms with Crippen molar-refractivity contribution < 1.29 is 9.53 Å². The largest absolute Gasteiger partial charge is 0.482 e. The zero-order valence-electron chi connectivity index (χ0n) is 5.74. The van der Waals surface area contributed by atoms with Crippen LogP contribution in [0.1, 0.15) is 10.4 Å². The highest BCUT2D eigenvalue weighted by Gasteiger charge is 2.17. The van der Waals surface area contributed by atoms with Crippen molar-refractivity contribution in [2.24, 2.45) is 0 Å². The third kappa shape index (κ3) is 1.12. The number of thioether (sulfide) groups is 1. The number of carbonyl (C=O) groups excluding carboxylic acids is 1. The van der Waals surface area contributed by atoms with Gasteiger partial charge in [0.1, 0.15) is 11.7 Å². The Morgan fingerprint density at radius 1 is 1.36 bits per heavy atom. The third-order valence-corrected chi connectivity index (χ3v) is 2.23. The average Bonchev–Trinajstić information content (AvgIpc) is 2.06. The summed E-state index contributed by atoms with van der Waals surface area (Å²) in [6.07, 6.45) is 0. The van der Waals surface area contributed by atoms with Crippen molar-refractivity contribution in [1.82, 2.24) is 0 Å². The smallest absolute Gasteiger partial charge is 0.226 e. The first-order chi connectivity index (χ1) is 5.38. The molecule has 56 valence electrons. The van der Waals surface area contributed by atoms with E-state index < -0.39 is 0 Å². The molecule has 11 heavy (non-hydrogen) atoms. The van der Waals surface area contributed by atoms with E-state index in [0.717, 1.165) is 0 Å². The van der Waals surface area contributed by atoms with Gasteiger partial charge in [-0.3, -0.25) is 4.79 Å². The van der Waals surface area contributed by atoms with Gasteiger partial charge in [-0.2, -0.15) is 0 Å². The minimum atomic E-state index is 0.104. The quantitative estimate of drug-likeness (QED) is 0.589. The summed E-state index contributed by atoms with van der Waals surface area (Å²) in [7, 11) is 0. The molecule has 3 heteroatoms. The lowest BCUT2D eigenvalue weighted by Gasteiger charge is -2.14. The van der Waals surface area contributed by atoms with Crippen LogP contribution >= 0.6 is 11.8 Å². The van der Waals surface area contributed by atoms with Gasteiger partial charge in [0.2, 0.25) is 5.12 Å². The van der Waals surface area contributed by atoms with Crippen molar-refractivity contribution in [2.45, 2.75) is 0 Å². The van der Waals surface area contributed by atoms with E-state index in [9.17, 15) is 4.79 Å². The fourth-order valence-electron chi connectivity index (χ4n) is 0.985. The van der Waals surface area contributed by atoms with Crippen LogP contribution in [0.15, 0.2) is 24.3 Å². The van der Waals surface area contributed by atoms with Crippen LogP contribution < -0.4 is 4.74 Å². The predicted octanol–water partition coefficient (Wildman–Crippen LogP) is 1.91. The molecule has 0 amide bonds. The molecule has 0 spiro atoms. The van der Waals surface area contributed by atoms with E-state index in [1.54, 1.807) is 6.07 Å². The molecule has 0 N–H and O–H groups in total. The van der Waals surface area contributed by atoms with E-state index in [2.05, 4.69) is 0 Å². The molecule has 2 nitrogen and oxygen atoms in total. The lowest BCUT2D eigenvalue weighted by atomic mass is 10.2. The monoisotopic (exact) mass is 166 g/mol. The summed E-state index contributed by atoms with van der Waals surface area (Å²) in [6.45, 7) is 0. The van der Waals surface area contributed by atoms with Gasteiger partial charge in [0.05, 0.1) is 5.56 Å². The van der Waals surface area contributed by atoms with Crippen LogP contribution in [0.25, 0.3) is 0 Å². The molecule has 1 aliphatic heterocycles. The standard InChI is InChI=1S/C8H6O2S/c9-8-6-3-1-2-4-7(6)10-5-11-8/h1-4H,5H2. The first-order valence-electron chi connectivity index (χ1n) is 3.27. The minimum absolute atomic E-state index is 0.104. The van der Waals surface area contributed by atoms with Crippen molar-refractivity contribution in [2.75, 3.05) is 5.94 Å². The van der Waals surface area contributed by atoms with Gasteiger partial charge in [-0.1, -0.05) is 12.1 Å². The second-order valence-corrected chi connectivity index (χ2v) is 3.09. The van der Waals surface area contributed by atoms with Crippen LogP contribution in [0.5, 0.6) is 5.75 Å². The molecule has 0 unspecified atom stereocenters. The van der Waals surface area contributed by atoms with Crippen LogP contribution in [0.2, 0.25) is 0 Å². The Hall–Kier alpha value is -0.960. The van der Waals surface area contributed by atoms with Gasteiger partial charge < -0.3 is 4.74 Å². The van der Waals surface area contributed by atoms with Gasteiger partial charge in [0.25, 0.3) is 0 Å². The topological polar surface area (TPSA) is 26.3 Å². The number of fused-ring (bicyclic) bond motifs is 1. The number of rotatable bonds is 0. The Kier molecular flexibility index (Phi) is 1.58. The Labute approximate surface area is 68.6 Å². The van der Waals surface area contributed by atoms with E-state index in [4.69, 9.17) is 4.74 Å². The molecular formula is C8H6O2S. The Morgan fingerprint density at radius 3 is 3.00 bits per heavy atom. The van der Waals surface area contributed by atoms with E-state index in [1.807, 2.05) is 18.2 Å². The van der Waals surface area contributed by atoms with Crippen molar-refractivity contribution in [3.63, 3.8) is 0 Å². The molecular weight excluding hydrogens is 160 g/mol. The van der Waals surface area contributed by atoms with Crippen LogP contribution in [0.4, 0.5) is 0 Å². The minimum Gasteiger partial charge on any atom is -0.482 e. The molecule has 0 saturated carbocycles. The van der Waals surface area contributed by atoms with Gasteiger partial charge in [-0.05, 0) is 23.9 Å². The number of carbonyl (C=O) groups is 1. The fourth-order valence-corrected chi connectivity index (χ4v) is 1.60. The maximum absolute atomic E-state index is 11.2. The van der Waals surface area contributed by atoms with E-state index in [-0.39, 0.29) is 5.12 Å². The van der Waals surface area contributed by atoms with Gasteiger partial charge in [0, 0.05) is 0 Å². The van der Waals surface area contributed by atoms with Crippen molar-refractivity contribution in [3.8, 4) is 5.75 Å². The summed E-state index contributed by atoms with van der Waals surface area (Å²) in [6, 6.07) is 7.30. The van der Waals surface area contributed by atoms with Gasteiger partial charge in [-0.15, -0.1) is 0 Å². The normalized spacial score (nSPS) is 15.5. The average molecular weight is 166 g/mol. The van der Waals surface area contributed by atoms with Gasteiger partial charge in [0.15, 0.2) is 0 Å².